The van der Waals surface area contributed by atoms with Crippen molar-refractivity contribution >= 4 is 0 Å². The molecule has 0 aliphatic heterocycles. The molecule has 0 aromatic rings. The predicted molar refractivity (Wildman–Crippen MR) is 63.7 cm³/mol. The Kier molecular flexibility index (Phi) is 6.96. The van der Waals surface area contributed by atoms with Crippen molar-refractivity contribution in [3.05, 3.63) is 0 Å². The van der Waals surface area contributed by atoms with E-state index in [0.29, 0.717) is 19.3 Å². The first-order chi connectivity index (χ1) is 7.83. The zero-order chi connectivity index (χ0) is 11.8. The summed E-state index contributed by atoms with van der Waals surface area (Å²) >= 11 is 0. The fourth-order valence-electron chi connectivity index (χ4n) is 1.95. The van der Waals surface area contributed by atoms with Gasteiger partial charge in [0.15, 0.2) is 0 Å². The van der Waals surface area contributed by atoms with Crippen molar-refractivity contribution in [3.63, 3.8) is 0 Å². The van der Waals surface area contributed by atoms with Crippen LogP contribution in [0.5, 0.6) is 0 Å². The summed E-state index contributed by atoms with van der Waals surface area (Å²) < 4.78 is 16.7. The van der Waals surface area contributed by atoms with Crippen LogP contribution in [0.15, 0.2) is 0 Å². The molecule has 3 atom stereocenters. The minimum Gasteiger partial charge on any atom is -0.379 e. The molecular weight excluding hydrogens is 206 g/mol. The summed E-state index contributed by atoms with van der Waals surface area (Å²) in [5, 5.41) is 3.24. The average Bonchev–Trinajstić information content (AvgIpc) is 2.29. The molecule has 1 aliphatic carbocycles. The quantitative estimate of drug-likeness (QED) is 0.605. The van der Waals surface area contributed by atoms with Gasteiger partial charge in [0, 0.05) is 19.3 Å². The molecule has 0 radical (unpaired) electrons. The molecule has 1 aliphatic rings. The summed E-state index contributed by atoms with van der Waals surface area (Å²) in [6.45, 7) is 7.05. The first-order valence-corrected chi connectivity index (χ1v) is 6.31. The molecule has 1 fully saturated rings. The minimum atomic E-state index is 0.209. The molecule has 96 valence electrons. The van der Waals surface area contributed by atoms with E-state index < -0.39 is 0 Å². The normalized spacial score (nSPS) is 29.1. The molecule has 16 heavy (non-hydrogen) atoms. The third-order valence-corrected chi connectivity index (χ3v) is 2.89. The fourth-order valence-corrected chi connectivity index (χ4v) is 1.95. The fraction of sp³-hybridized carbons (Fsp3) is 1.00. The smallest absolute Gasteiger partial charge is 0.0990 e. The lowest BCUT2D eigenvalue weighted by molar-refractivity contribution is -0.149. The van der Waals surface area contributed by atoms with E-state index in [2.05, 4.69) is 12.2 Å². The van der Waals surface area contributed by atoms with Crippen molar-refractivity contribution in [2.24, 2.45) is 0 Å². The van der Waals surface area contributed by atoms with Gasteiger partial charge in [-0.1, -0.05) is 6.92 Å². The van der Waals surface area contributed by atoms with Gasteiger partial charge < -0.3 is 19.5 Å². The van der Waals surface area contributed by atoms with Gasteiger partial charge in [-0.05, 0) is 26.8 Å². The van der Waals surface area contributed by atoms with Crippen LogP contribution in [-0.4, -0.2) is 51.7 Å². The molecule has 1 rings (SSSR count). The molecule has 4 nitrogen and oxygen atoms in total. The van der Waals surface area contributed by atoms with Gasteiger partial charge in [-0.3, -0.25) is 0 Å². The van der Waals surface area contributed by atoms with Crippen molar-refractivity contribution in [2.45, 2.75) is 44.9 Å². The van der Waals surface area contributed by atoms with Gasteiger partial charge in [0.2, 0.25) is 0 Å². The molecule has 3 unspecified atom stereocenters. The van der Waals surface area contributed by atoms with Crippen LogP contribution in [0.4, 0.5) is 0 Å². The maximum atomic E-state index is 5.73. The summed E-state index contributed by atoms with van der Waals surface area (Å²) in [7, 11) is 1.97. The number of hydrogen-bond donors (Lipinski definition) is 1. The molecule has 0 amide bonds. The molecule has 0 spiro atoms. The summed E-state index contributed by atoms with van der Waals surface area (Å²) in [6.07, 6.45) is 2.55. The van der Waals surface area contributed by atoms with Gasteiger partial charge in [-0.2, -0.15) is 0 Å². The van der Waals surface area contributed by atoms with Crippen LogP contribution in [0, 0.1) is 0 Å². The maximum absolute atomic E-state index is 5.73. The third kappa shape index (κ3) is 4.01. The number of likely N-dealkylation sites (N-methyl/N-ethyl adjacent to an activating group) is 1. The van der Waals surface area contributed by atoms with Crippen LogP contribution in [-0.2, 0) is 14.2 Å². The van der Waals surface area contributed by atoms with Gasteiger partial charge in [-0.25, -0.2) is 0 Å². The van der Waals surface area contributed by atoms with Crippen molar-refractivity contribution in [2.75, 3.05) is 33.5 Å². The van der Waals surface area contributed by atoms with Crippen molar-refractivity contribution in [1.82, 2.24) is 5.32 Å². The number of hydrogen-bond acceptors (Lipinski definition) is 4. The summed E-state index contributed by atoms with van der Waals surface area (Å²) in [6, 6.07) is 0.446. The number of rotatable bonds is 9. The van der Waals surface area contributed by atoms with Gasteiger partial charge in [0.05, 0.1) is 25.4 Å². The van der Waals surface area contributed by atoms with E-state index in [1.807, 2.05) is 14.0 Å². The van der Waals surface area contributed by atoms with Gasteiger partial charge >= 0.3 is 0 Å². The lowest BCUT2D eigenvalue weighted by atomic mass is 9.85. The van der Waals surface area contributed by atoms with E-state index in [1.54, 1.807) is 0 Å². The molecule has 0 aromatic heterocycles. The molecule has 0 aromatic carbocycles. The molecule has 4 heteroatoms. The molecule has 1 N–H and O–H groups in total. The van der Waals surface area contributed by atoms with E-state index in [1.165, 1.54) is 0 Å². The highest BCUT2D eigenvalue weighted by atomic mass is 16.6. The highest BCUT2D eigenvalue weighted by Crippen LogP contribution is 2.26. The lowest BCUT2D eigenvalue weighted by Gasteiger charge is -2.43. The lowest BCUT2D eigenvalue weighted by Crippen LogP contribution is -2.59. The Morgan fingerprint density at radius 1 is 1.12 bits per heavy atom. The molecular formula is C12H25NO3. The SMILES string of the molecule is CCCOCCOC1CC(NC)C1OCC. The second-order valence-electron chi connectivity index (χ2n) is 4.07. The molecule has 0 bridgehead atoms. The minimum absolute atomic E-state index is 0.209. The standard InChI is InChI=1S/C12H25NO3/c1-4-6-14-7-8-16-11-9-10(13-3)12(11)15-5-2/h10-13H,4-9H2,1-3H3. The van der Waals surface area contributed by atoms with E-state index in [4.69, 9.17) is 14.2 Å². The summed E-state index contributed by atoms with van der Waals surface area (Å²) in [5.74, 6) is 0. The van der Waals surface area contributed by atoms with Crippen LogP contribution in [0.3, 0.4) is 0 Å². The molecule has 0 saturated heterocycles. The topological polar surface area (TPSA) is 39.7 Å². The van der Waals surface area contributed by atoms with Gasteiger partial charge in [0.1, 0.15) is 0 Å². The van der Waals surface area contributed by atoms with Gasteiger partial charge in [0.25, 0.3) is 0 Å². The second-order valence-corrected chi connectivity index (χ2v) is 4.07. The molecule has 1 saturated carbocycles. The van der Waals surface area contributed by atoms with E-state index in [-0.39, 0.29) is 12.2 Å². The van der Waals surface area contributed by atoms with Crippen molar-refractivity contribution in [1.29, 1.82) is 0 Å². The third-order valence-electron chi connectivity index (χ3n) is 2.89. The van der Waals surface area contributed by atoms with Crippen LogP contribution in [0.1, 0.15) is 26.7 Å². The Bertz CT molecular complexity index is 178. The summed E-state index contributed by atoms with van der Waals surface area (Å²) in [4.78, 5) is 0. The highest BCUT2D eigenvalue weighted by molar-refractivity contribution is 4.96. The van der Waals surface area contributed by atoms with E-state index in [9.17, 15) is 0 Å². The van der Waals surface area contributed by atoms with Crippen LogP contribution < -0.4 is 5.32 Å². The van der Waals surface area contributed by atoms with Crippen molar-refractivity contribution in [3.8, 4) is 0 Å². The maximum Gasteiger partial charge on any atom is 0.0990 e. The Morgan fingerprint density at radius 3 is 2.56 bits per heavy atom. The zero-order valence-electron chi connectivity index (χ0n) is 10.7. The first-order valence-electron chi connectivity index (χ1n) is 6.31. The van der Waals surface area contributed by atoms with E-state index >= 15 is 0 Å². The first kappa shape index (κ1) is 13.9. The van der Waals surface area contributed by atoms with Crippen LogP contribution in [0.25, 0.3) is 0 Å². The number of nitrogens with one attached hydrogen (secondary N) is 1. The van der Waals surface area contributed by atoms with Crippen molar-refractivity contribution < 1.29 is 14.2 Å². The highest BCUT2D eigenvalue weighted by Gasteiger charge is 2.41. The van der Waals surface area contributed by atoms with E-state index in [0.717, 1.165) is 26.1 Å². The average molecular weight is 231 g/mol. The number of ether oxygens (including phenoxy) is 3. The Morgan fingerprint density at radius 2 is 1.94 bits per heavy atom. The monoisotopic (exact) mass is 231 g/mol. The largest absolute Gasteiger partial charge is 0.379 e. The molecule has 0 heterocycles. The Balaban J connectivity index is 2.08. The van der Waals surface area contributed by atoms with Crippen LogP contribution in [0.2, 0.25) is 0 Å². The Hall–Kier alpha value is -0.160. The van der Waals surface area contributed by atoms with Crippen LogP contribution >= 0.6 is 0 Å². The summed E-state index contributed by atoms with van der Waals surface area (Å²) in [5.41, 5.74) is 0. The second kappa shape index (κ2) is 8.01. The Labute approximate surface area is 98.6 Å². The predicted octanol–water partition coefficient (Wildman–Crippen LogP) is 1.19. The zero-order valence-corrected chi connectivity index (χ0v) is 10.7. The van der Waals surface area contributed by atoms with Gasteiger partial charge in [-0.15, -0.1) is 0 Å².